The molecule has 3 aliphatic heterocycles. The molecule has 3 aromatic rings. The molecule has 45 heavy (non-hydrogen) atoms. The molecule has 6 rings (SSSR count). The summed E-state index contributed by atoms with van der Waals surface area (Å²) in [5, 5.41) is 26.0. The number of thiol groups is 2. The molecule has 11 heteroatoms. The Labute approximate surface area is 283 Å². The Morgan fingerprint density at radius 1 is 0.844 bits per heavy atom. The van der Waals surface area contributed by atoms with Gasteiger partial charge in [-0.2, -0.15) is 18.3 Å². The maximum atomic E-state index is 11.6. The zero-order chi connectivity index (χ0) is 31.7. The number of hydrogen-bond donors (Lipinski definition) is 3. The van der Waals surface area contributed by atoms with Crippen LogP contribution >= 0.6 is 12.6 Å². The Hall–Kier alpha value is -2.98. The SMILES string of the molecule is Cc1c2[n-]c(c1CCC(=O)O)/C=c1\[n-]/c(c(C)c1CCC(=O)O)=C\c1[n-]c(c(C)c1[C@H](C)S)/C=C1\[N-]/C(=C\2)C(C)[C@]12[SH+]C2C.[Fe+4]. The van der Waals surface area contributed by atoms with Gasteiger partial charge in [0, 0.05) is 24.0 Å². The summed E-state index contributed by atoms with van der Waals surface area (Å²) < 4.78 is -0.0687. The van der Waals surface area contributed by atoms with Crippen molar-refractivity contribution in [3.05, 3.63) is 83.6 Å². The van der Waals surface area contributed by atoms with Gasteiger partial charge in [0.2, 0.25) is 0 Å². The van der Waals surface area contributed by atoms with E-state index in [9.17, 15) is 19.8 Å². The first-order valence-electron chi connectivity index (χ1n) is 15.0. The summed E-state index contributed by atoms with van der Waals surface area (Å²) in [6, 6.07) is 0. The Morgan fingerprint density at radius 2 is 1.42 bits per heavy atom. The van der Waals surface area contributed by atoms with Crippen LogP contribution in [0.5, 0.6) is 0 Å². The second-order valence-electron chi connectivity index (χ2n) is 12.2. The number of carbonyl (C=O) groups is 2. The van der Waals surface area contributed by atoms with Crippen molar-refractivity contribution in [2.45, 2.75) is 82.5 Å². The third-order valence-corrected chi connectivity index (χ3v) is 11.7. The average Bonchev–Trinajstić information content (AvgIpc) is 3.08. The molecule has 2 saturated heterocycles. The molecule has 3 aromatic heterocycles. The number of hydrogen-bond acceptors (Lipinski definition) is 3. The van der Waals surface area contributed by atoms with Gasteiger partial charge in [0.15, 0.2) is 10.00 Å². The summed E-state index contributed by atoms with van der Waals surface area (Å²) in [4.78, 5) is 38.3. The van der Waals surface area contributed by atoms with Gasteiger partial charge in [0.25, 0.3) is 0 Å². The Balaban J connectivity index is 0.00000400. The molecule has 8 nitrogen and oxygen atoms in total. The average molecular weight is 686 g/mol. The molecule has 0 saturated carbocycles. The van der Waals surface area contributed by atoms with Crippen LogP contribution in [0.15, 0.2) is 11.4 Å². The van der Waals surface area contributed by atoms with E-state index in [1.165, 1.54) is 11.8 Å². The molecule has 6 heterocycles. The number of fused-ring (bicyclic) bond motifs is 9. The zero-order valence-electron chi connectivity index (χ0n) is 26.1. The van der Waals surface area contributed by atoms with Crippen molar-refractivity contribution in [3.63, 3.8) is 0 Å². The fourth-order valence-corrected chi connectivity index (χ4v) is 8.75. The van der Waals surface area contributed by atoms with Gasteiger partial charge in [-0.3, -0.25) is 9.59 Å². The molecule has 0 aliphatic carbocycles. The predicted molar refractivity (Wildman–Crippen MR) is 179 cm³/mol. The first-order chi connectivity index (χ1) is 20.8. The van der Waals surface area contributed by atoms with Gasteiger partial charge in [0.1, 0.15) is 0 Å². The van der Waals surface area contributed by atoms with E-state index in [-0.39, 0.29) is 45.8 Å². The van der Waals surface area contributed by atoms with E-state index in [0.29, 0.717) is 29.1 Å². The quantitative estimate of drug-likeness (QED) is 0.149. The normalized spacial score (nSPS) is 25.8. The maximum absolute atomic E-state index is 11.6. The molecular weight excluding hydrogens is 648 g/mol. The van der Waals surface area contributed by atoms with Gasteiger partial charge in [-0.1, -0.05) is 64.7 Å². The van der Waals surface area contributed by atoms with Crippen molar-refractivity contribution in [3.8, 4) is 0 Å². The van der Waals surface area contributed by atoms with Crippen molar-refractivity contribution in [1.29, 1.82) is 0 Å². The molecule has 236 valence electrons. The van der Waals surface area contributed by atoms with E-state index in [2.05, 4.69) is 32.9 Å². The minimum Gasteiger partial charge on any atom is -0.660 e. The van der Waals surface area contributed by atoms with Gasteiger partial charge in [0.05, 0.1) is 0 Å². The molecule has 0 aromatic carbocycles. The van der Waals surface area contributed by atoms with Crippen LogP contribution in [0.1, 0.15) is 95.0 Å². The van der Waals surface area contributed by atoms with E-state index in [4.69, 9.17) is 32.9 Å². The van der Waals surface area contributed by atoms with Gasteiger partial charge < -0.3 is 30.5 Å². The van der Waals surface area contributed by atoms with E-state index >= 15 is 0 Å². The topological polar surface area (TPSA) is 131 Å². The summed E-state index contributed by atoms with van der Waals surface area (Å²) >= 11 is 6.17. The first kappa shape index (κ1) is 33.4. The third kappa shape index (κ3) is 5.77. The van der Waals surface area contributed by atoms with Crippen LogP contribution in [-0.2, 0) is 51.3 Å². The van der Waals surface area contributed by atoms with E-state index in [0.717, 1.165) is 67.2 Å². The largest absolute Gasteiger partial charge is 4.00 e. The molecule has 4 atom stereocenters. The standard InChI is InChI=1S/C34H36N4O4S2.Fe/c1-15-21(7-9-31(39)40)27-13-28-22(8-10-32(41)42)16(2)24(36-28)12-29-33(19(5)43)17(3)25(37-29)14-30-34(20(6)44-34)18(4)26(38-30)11-23(15)35-27;/h11-14,18-20,43H,7-10H2,1-6H3,(H,39,40)(H,41,42);/q-4;+4/p+1/b24-12-,26-11-,28-13-,30-14-;/t18?,19-,20?,34+;/m0./s1. The molecule has 2 fully saturated rings. The van der Waals surface area contributed by atoms with Gasteiger partial charge in [-0.05, 0) is 64.8 Å². The van der Waals surface area contributed by atoms with Crippen LogP contribution in [0.2, 0.25) is 0 Å². The van der Waals surface area contributed by atoms with E-state index < -0.39 is 11.9 Å². The number of allylic oxidation sites excluding steroid dienone is 1. The second kappa shape index (κ2) is 12.3. The predicted octanol–water partition coefficient (Wildman–Crippen LogP) is 3.84. The minimum absolute atomic E-state index is 0. The maximum Gasteiger partial charge on any atom is 4.00 e. The van der Waals surface area contributed by atoms with Crippen LogP contribution in [0.25, 0.3) is 29.6 Å². The summed E-state index contributed by atoms with van der Waals surface area (Å²) in [6.07, 6.45) is 8.65. The Bertz CT molecular complexity index is 1900. The number of aromatic nitrogens is 3. The summed E-state index contributed by atoms with van der Waals surface area (Å²) in [5.74, 6) is -1.58. The Kier molecular flexibility index (Phi) is 9.14. The van der Waals surface area contributed by atoms with E-state index in [1.54, 1.807) is 0 Å². The van der Waals surface area contributed by atoms with Crippen LogP contribution in [0, 0.1) is 26.7 Å². The van der Waals surface area contributed by atoms with E-state index in [1.807, 2.05) is 32.9 Å². The number of nitrogens with zero attached hydrogens (tertiary/aromatic N) is 4. The van der Waals surface area contributed by atoms with Crippen LogP contribution < -0.4 is 25.7 Å². The number of carboxylic acids is 2. The van der Waals surface area contributed by atoms with Gasteiger partial charge in [-0.25, -0.2) is 0 Å². The van der Waals surface area contributed by atoms with Crippen LogP contribution in [-0.4, -0.2) is 32.1 Å². The van der Waals surface area contributed by atoms with Crippen LogP contribution in [0.3, 0.4) is 0 Å². The van der Waals surface area contributed by atoms with Gasteiger partial charge in [-0.15, -0.1) is 33.5 Å². The summed E-state index contributed by atoms with van der Waals surface area (Å²) in [5.41, 5.74) is 10.7. The Morgan fingerprint density at radius 3 is 2.02 bits per heavy atom. The molecule has 3 aliphatic rings. The molecule has 8 bridgehead atoms. The fraction of sp³-hybridized carbons (Fsp3) is 0.412. The fourth-order valence-electron chi connectivity index (χ4n) is 6.90. The van der Waals surface area contributed by atoms with Crippen molar-refractivity contribution in [2.75, 3.05) is 0 Å². The number of rotatable bonds is 7. The molecule has 1 spiro atoms. The molecule has 0 radical (unpaired) electrons. The number of carboxylic acid groups (broad SMARTS) is 2. The van der Waals surface area contributed by atoms with Crippen molar-refractivity contribution < 1.29 is 36.9 Å². The number of aliphatic carboxylic acids is 2. The van der Waals surface area contributed by atoms with Crippen molar-refractivity contribution in [2.24, 2.45) is 5.92 Å². The summed E-state index contributed by atoms with van der Waals surface area (Å²) in [6.45, 7) is 12.6. The molecule has 2 unspecified atom stereocenters. The molecule has 0 amide bonds. The minimum atomic E-state index is -0.883. The van der Waals surface area contributed by atoms with Gasteiger partial charge >= 0.3 is 29.0 Å². The molecule has 2 N–H and O–H groups in total. The third-order valence-electron chi connectivity index (χ3n) is 9.52. The first-order valence-corrected chi connectivity index (χ1v) is 16.5. The van der Waals surface area contributed by atoms with Crippen LogP contribution in [0.4, 0.5) is 0 Å². The van der Waals surface area contributed by atoms with Crippen molar-refractivity contribution >= 4 is 60.6 Å². The van der Waals surface area contributed by atoms with Crippen molar-refractivity contribution in [1.82, 2.24) is 15.0 Å². The second-order valence-corrected chi connectivity index (χ2v) is 14.8. The summed E-state index contributed by atoms with van der Waals surface area (Å²) in [7, 11) is 0. The smallest absolute Gasteiger partial charge is 0.660 e. The monoisotopic (exact) mass is 685 g/mol. The zero-order valence-corrected chi connectivity index (χ0v) is 29.0. The molecular formula is C34H37FeN4O4S2+.